The number of likely N-dealkylation sites (N-methyl/N-ethyl adjacent to an activating group) is 1. The quantitative estimate of drug-likeness (QED) is 0.567. The van der Waals surface area contributed by atoms with Gasteiger partial charge in [0.15, 0.2) is 17.5 Å². The minimum atomic E-state index is 0.749. The van der Waals surface area contributed by atoms with Crippen molar-refractivity contribution in [3.05, 3.63) is 39.8 Å². The van der Waals surface area contributed by atoms with E-state index in [1.54, 1.807) is 25.6 Å². The molecule has 1 aromatic carbocycles. The van der Waals surface area contributed by atoms with E-state index in [-0.39, 0.29) is 0 Å². The highest BCUT2D eigenvalue weighted by atomic mass is 32.1. The van der Waals surface area contributed by atoms with E-state index < -0.39 is 0 Å². The summed E-state index contributed by atoms with van der Waals surface area (Å²) in [6.07, 6.45) is 1.79. The highest BCUT2D eigenvalue weighted by Gasteiger charge is 2.09. The molecule has 26 heavy (non-hydrogen) atoms. The van der Waals surface area contributed by atoms with E-state index in [0.717, 1.165) is 54.1 Å². The second-order valence-electron chi connectivity index (χ2n) is 5.94. The lowest BCUT2D eigenvalue weighted by molar-refractivity contribution is 0.354. The Morgan fingerprint density at radius 3 is 2.62 bits per heavy atom. The van der Waals surface area contributed by atoms with Crippen LogP contribution >= 0.6 is 11.3 Å². The number of thiazole rings is 1. The van der Waals surface area contributed by atoms with Gasteiger partial charge in [-0.1, -0.05) is 6.07 Å². The minimum absolute atomic E-state index is 0.749. The first-order valence-corrected chi connectivity index (χ1v) is 9.49. The number of rotatable bonds is 8. The lowest BCUT2D eigenvalue weighted by Crippen LogP contribution is -2.40. The molecule has 0 saturated carbocycles. The molecule has 0 amide bonds. The van der Waals surface area contributed by atoms with Gasteiger partial charge in [-0.2, -0.15) is 0 Å². The van der Waals surface area contributed by atoms with Crippen LogP contribution in [-0.4, -0.2) is 57.2 Å². The summed E-state index contributed by atoms with van der Waals surface area (Å²) in [5.41, 5.74) is 2.33. The van der Waals surface area contributed by atoms with Gasteiger partial charge in [0.2, 0.25) is 0 Å². The average Bonchev–Trinajstić information content (AvgIpc) is 3.08. The number of aryl methyl sites for hydroxylation is 1. The molecule has 0 atom stereocenters. The summed E-state index contributed by atoms with van der Waals surface area (Å²) in [4.78, 5) is 11.0. The molecule has 7 heteroatoms. The number of guanidine groups is 1. The van der Waals surface area contributed by atoms with Crippen molar-refractivity contribution in [2.75, 3.05) is 41.4 Å². The number of nitrogens with one attached hydrogen (secondary N) is 1. The summed E-state index contributed by atoms with van der Waals surface area (Å²) in [6, 6.07) is 6.03. The van der Waals surface area contributed by atoms with Crippen LogP contribution in [0.25, 0.3) is 0 Å². The molecule has 2 rings (SSSR count). The summed E-state index contributed by atoms with van der Waals surface area (Å²) in [7, 11) is 7.16. The van der Waals surface area contributed by atoms with Crippen LogP contribution in [0.4, 0.5) is 0 Å². The average molecular weight is 377 g/mol. The van der Waals surface area contributed by atoms with Crippen LogP contribution in [0.3, 0.4) is 0 Å². The van der Waals surface area contributed by atoms with Crippen molar-refractivity contribution in [2.24, 2.45) is 4.99 Å². The van der Waals surface area contributed by atoms with Crippen molar-refractivity contribution >= 4 is 17.3 Å². The van der Waals surface area contributed by atoms with Gasteiger partial charge in [-0.15, -0.1) is 11.3 Å². The van der Waals surface area contributed by atoms with E-state index in [1.165, 1.54) is 5.56 Å². The maximum atomic E-state index is 5.37. The second kappa shape index (κ2) is 10.0. The molecule has 0 spiro atoms. The van der Waals surface area contributed by atoms with Gasteiger partial charge in [-0.05, 0) is 31.0 Å². The molecule has 0 radical (unpaired) electrons. The SMILES string of the molecule is CN=C(NCCc1csc(C)n1)N(C)CCc1ccc(OC)c(OC)c1. The topological polar surface area (TPSA) is 59.0 Å². The maximum Gasteiger partial charge on any atom is 0.193 e. The third-order valence-corrected chi connectivity index (χ3v) is 4.91. The summed E-state index contributed by atoms with van der Waals surface area (Å²) in [5, 5.41) is 6.62. The van der Waals surface area contributed by atoms with E-state index in [4.69, 9.17) is 9.47 Å². The first-order chi connectivity index (χ1) is 12.6. The number of ether oxygens (including phenoxy) is 2. The summed E-state index contributed by atoms with van der Waals surface area (Å²) in [6.45, 7) is 3.70. The van der Waals surface area contributed by atoms with Crippen molar-refractivity contribution in [1.82, 2.24) is 15.2 Å². The number of hydrogen-bond acceptors (Lipinski definition) is 5. The fraction of sp³-hybridized carbons (Fsp3) is 0.474. The molecule has 1 aromatic heterocycles. The number of aliphatic imine (C=N–C) groups is 1. The third-order valence-electron chi connectivity index (χ3n) is 4.09. The first-order valence-electron chi connectivity index (χ1n) is 8.61. The Balaban J connectivity index is 1.83. The number of nitrogens with zero attached hydrogens (tertiary/aromatic N) is 3. The lowest BCUT2D eigenvalue weighted by atomic mass is 10.1. The normalized spacial score (nSPS) is 11.3. The van der Waals surface area contributed by atoms with Crippen molar-refractivity contribution in [1.29, 1.82) is 0 Å². The zero-order valence-corrected chi connectivity index (χ0v) is 17.0. The van der Waals surface area contributed by atoms with Gasteiger partial charge in [0.05, 0.1) is 24.9 Å². The van der Waals surface area contributed by atoms with Crippen molar-refractivity contribution in [2.45, 2.75) is 19.8 Å². The van der Waals surface area contributed by atoms with Crippen LogP contribution in [0, 0.1) is 6.92 Å². The molecule has 6 nitrogen and oxygen atoms in total. The number of methoxy groups -OCH3 is 2. The molecule has 0 aliphatic heterocycles. The van der Waals surface area contributed by atoms with Gasteiger partial charge in [-0.25, -0.2) is 4.98 Å². The fourth-order valence-electron chi connectivity index (χ4n) is 2.65. The molecule has 0 unspecified atom stereocenters. The standard InChI is InChI=1S/C19H28N4O2S/c1-14-22-16(13-26-14)8-10-21-19(20-2)23(3)11-9-15-6-7-17(24-4)18(12-15)25-5/h6-7,12-13H,8-11H2,1-5H3,(H,20,21). The van der Waals surface area contributed by atoms with Gasteiger partial charge >= 0.3 is 0 Å². The molecule has 0 saturated heterocycles. The highest BCUT2D eigenvalue weighted by molar-refractivity contribution is 7.09. The van der Waals surface area contributed by atoms with Gasteiger partial charge < -0.3 is 19.7 Å². The molecule has 1 heterocycles. The molecule has 2 aromatic rings. The Morgan fingerprint density at radius 2 is 2.00 bits per heavy atom. The van der Waals surface area contributed by atoms with Crippen molar-refractivity contribution < 1.29 is 9.47 Å². The molecule has 0 fully saturated rings. The number of benzene rings is 1. The predicted octanol–water partition coefficient (Wildman–Crippen LogP) is 2.76. The molecular formula is C19H28N4O2S. The molecule has 0 aliphatic carbocycles. The van der Waals surface area contributed by atoms with Crippen molar-refractivity contribution in [3.8, 4) is 11.5 Å². The predicted molar refractivity (Wildman–Crippen MR) is 108 cm³/mol. The summed E-state index contributed by atoms with van der Waals surface area (Å²) >= 11 is 1.69. The van der Waals surface area contributed by atoms with Gasteiger partial charge in [0.25, 0.3) is 0 Å². The third kappa shape index (κ3) is 5.62. The molecular weight excluding hydrogens is 348 g/mol. The maximum absolute atomic E-state index is 5.37. The van der Waals surface area contributed by atoms with E-state index in [1.807, 2.05) is 33.2 Å². The Kier molecular flexibility index (Phi) is 7.72. The largest absolute Gasteiger partial charge is 0.493 e. The molecule has 142 valence electrons. The van der Waals surface area contributed by atoms with Gasteiger partial charge in [-0.3, -0.25) is 4.99 Å². The Hall–Kier alpha value is -2.28. The van der Waals surface area contributed by atoms with Crippen LogP contribution in [0.2, 0.25) is 0 Å². The Labute approximate surface area is 159 Å². The fourth-order valence-corrected chi connectivity index (χ4v) is 3.30. The smallest absolute Gasteiger partial charge is 0.193 e. The Bertz CT molecular complexity index is 730. The summed E-state index contributed by atoms with van der Waals surface area (Å²) in [5.74, 6) is 2.39. The zero-order chi connectivity index (χ0) is 18.9. The molecule has 0 aliphatic rings. The van der Waals surface area contributed by atoms with Crippen molar-refractivity contribution in [3.63, 3.8) is 0 Å². The van der Waals surface area contributed by atoms with Crippen LogP contribution in [0.5, 0.6) is 11.5 Å². The van der Waals surface area contributed by atoms with Gasteiger partial charge in [0.1, 0.15) is 0 Å². The van der Waals surface area contributed by atoms with E-state index in [2.05, 4.69) is 31.6 Å². The number of hydrogen-bond donors (Lipinski definition) is 1. The lowest BCUT2D eigenvalue weighted by Gasteiger charge is -2.22. The van der Waals surface area contributed by atoms with Crippen LogP contribution in [-0.2, 0) is 12.8 Å². The molecule has 1 N–H and O–H groups in total. The van der Waals surface area contributed by atoms with Crippen LogP contribution in [0.1, 0.15) is 16.3 Å². The van der Waals surface area contributed by atoms with E-state index in [9.17, 15) is 0 Å². The number of aromatic nitrogens is 1. The zero-order valence-electron chi connectivity index (χ0n) is 16.2. The van der Waals surface area contributed by atoms with Crippen LogP contribution in [0.15, 0.2) is 28.6 Å². The van der Waals surface area contributed by atoms with E-state index >= 15 is 0 Å². The van der Waals surface area contributed by atoms with E-state index in [0.29, 0.717) is 0 Å². The monoisotopic (exact) mass is 376 g/mol. The summed E-state index contributed by atoms with van der Waals surface area (Å²) < 4.78 is 10.7. The first kappa shape index (κ1) is 20.0. The Morgan fingerprint density at radius 1 is 1.23 bits per heavy atom. The minimum Gasteiger partial charge on any atom is -0.493 e. The highest BCUT2D eigenvalue weighted by Crippen LogP contribution is 2.27. The second-order valence-corrected chi connectivity index (χ2v) is 7.00. The van der Waals surface area contributed by atoms with Gasteiger partial charge in [0, 0.05) is 39.0 Å². The molecule has 0 bridgehead atoms. The van der Waals surface area contributed by atoms with Crippen LogP contribution < -0.4 is 14.8 Å².